The van der Waals surface area contributed by atoms with Gasteiger partial charge in [-0.25, -0.2) is 4.79 Å². The van der Waals surface area contributed by atoms with E-state index in [1.165, 1.54) is 35.3 Å². The molecule has 0 aliphatic carbocycles. The zero-order valence-electron chi connectivity index (χ0n) is 15.3. The summed E-state index contributed by atoms with van der Waals surface area (Å²) in [5, 5.41) is 22.0. The predicted octanol–water partition coefficient (Wildman–Crippen LogP) is 2.14. The van der Waals surface area contributed by atoms with Gasteiger partial charge in [-0.2, -0.15) is 15.0 Å². The standard InChI is InChI=1S/C19H16N6O4/c1-19(13-7-9-16(10-8-13)25(28)29)17(26)23(18(27)21-19)12-14-11-20-24(22-14)15-5-3-2-4-6-15/h2-11H,12H2,1H3,(H,21,27)/t19-/m1/s1. The maximum Gasteiger partial charge on any atom is 0.325 e. The number of nitrogens with one attached hydrogen (secondary N) is 1. The number of amides is 3. The lowest BCUT2D eigenvalue weighted by molar-refractivity contribution is -0.384. The molecule has 10 heteroatoms. The second kappa shape index (κ2) is 6.82. The van der Waals surface area contributed by atoms with Gasteiger partial charge >= 0.3 is 6.03 Å². The van der Waals surface area contributed by atoms with Crippen LogP contribution in [0.3, 0.4) is 0 Å². The van der Waals surface area contributed by atoms with Gasteiger partial charge in [0, 0.05) is 12.1 Å². The Hall–Kier alpha value is -4.08. The first-order valence-electron chi connectivity index (χ1n) is 8.74. The maximum atomic E-state index is 13.0. The van der Waals surface area contributed by atoms with Gasteiger partial charge in [-0.3, -0.25) is 19.8 Å². The van der Waals surface area contributed by atoms with Crippen molar-refractivity contribution in [1.82, 2.24) is 25.2 Å². The van der Waals surface area contributed by atoms with Gasteiger partial charge in [0.15, 0.2) is 0 Å². The maximum absolute atomic E-state index is 13.0. The van der Waals surface area contributed by atoms with Crippen molar-refractivity contribution in [2.45, 2.75) is 19.0 Å². The van der Waals surface area contributed by atoms with Crippen LogP contribution in [0.2, 0.25) is 0 Å². The number of urea groups is 1. The summed E-state index contributed by atoms with van der Waals surface area (Å²) in [6, 6.07) is 14.2. The van der Waals surface area contributed by atoms with Crippen LogP contribution in [0.5, 0.6) is 0 Å². The normalized spacial score (nSPS) is 18.7. The summed E-state index contributed by atoms with van der Waals surface area (Å²) >= 11 is 0. The van der Waals surface area contributed by atoms with Crippen molar-refractivity contribution in [2.75, 3.05) is 0 Å². The molecule has 29 heavy (non-hydrogen) atoms. The first kappa shape index (κ1) is 18.3. The molecule has 0 unspecified atom stereocenters. The van der Waals surface area contributed by atoms with Crippen LogP contribution in [0.25, 0.3) is 5.69 Å². The molecular weight excluding hydrogens is 376 g/mol. The molecule has 1 saturated heterocycles. The highest BCUT2D eigenvalue weighted by Crippen LogP contribution is 2.30. The van der Waals surface area contributed by atoms with Crippen molar-refractivity contribution in [2.24, 2.45) is 0 Å². The van der Waals surface area contributed by atoms with Gasteiger partial charge in [0.1, 0.15) is 11.2 Å². The lowest BCUT2D eigenvalue weighted by Gasteiger charge is -2.21. The van der Waals surface area contributed by atoms with Crippen molar-refractivity contribution in [3.8, 4) is 5.69 Å². The molecule has 2 aromatic carbocycles. The highest BCUT2D eigenvalue weighted by atomic mass is 16.6. The van der Waals surface area contributed by atoms with E-state index in [1.807, 2.05) is 30.3 Å². The molecule has 1 fully saturated rings. The van der Waals surface area contributed by atoms with Gasteiger partial charge < -0.3 is 5.32 Å². The van der Waals surface area contributed by atoms with Crippen molar-refractivity contribution in [3.05, 3.63) is 82.2 Å². The Balaban J connectivity index is 1.55. The molecule has 0 bridgehead atoms. The van der Waals surface area contributed by atoms with Crippen molar-refractivity contribution in [3.63, 3.8) is 0 Å². The Morgan fingerprint density at radius 3 is 2.45 bits per heavy atom. The molecule has 0 spiro atoms. The monoisotopic (exact) mass is 392 g/mol. The number of para-hydroxylation sites is 1. The molecule has 1 aromatic heterocycles. The van der Waals surface area contributed by atoms with Gasteiger partial charge in [0.25, 0.3) is 11.6 Å². The summed E-state index contributed by atoms with van der Waals surface area (Å²) < 4.78 is 0. The largest absolute Gasteiger partial charge is 0.325 e. The number of benzene rings is 2. The quantitative estimate of drug-likeness (QED) is 0.403. The first-order valence-corrected chi connectivity index (χ1v) is 8.74. The lowest BCUT2D eigenvalue weighted by Crippen LogP contribution is -2.40. The second-order valence-corrected chi connectivity index (χ2v) is 6.71. The fourth-order valence-electron chi connectivity index (χ4n) is 3.17. The highest BCUT2D eigenvalue weighted by Gasteiger charge is 2.49. The molecule has 1 atom stereocenters. The van der Waals surface area contributed by atoms with Gasteiger partial charge in [-0.15, -0.1) is 0 Å². The van der Waals surface area contributed by atoms with Crippen molar-refractivity contribution >= 4 is 17.6 Å². The Kier molecular flexibility index (Phi) is 4.30. The zero-order chi connectivity index (χ0) is 20.6. The van der Waals surface area contributed by atoms with Gasteiger partial charge in [-0.05, 0) is 36.8 Å². The highest BCUT2D eigenvalue weighted by molar-refractivity contribution is 6.07. The van der Waals surface area contributed by atoms with E-state index in [0.717, 1.165) is 10.6 Å². The Morgan fingerprint density at radius 2 is 1.79 bits per heavy atom. The summed E-state index contributed by atoms with van der Waals surface area (Å²) in [7, 11) is 0. The van der Waals surface area contributed by atoms with Crippen LogP contribution >= 0.6 is 0 Å². The SMILES string of the molecule is C[C@]1(c2ccc([N+](=O)[O-])cc2)NC(=O)N(Cc2cnn(-c3ccccc3)n2)C1=O. The summed E-state index contributed by atoms with van der Waals surface area (Å²) in [5.41, 5.74) is 0.249. The molecule has 146 valence electrons. The van der Waals surface area contributed by atoms with Crippen LogP contribution in [-0.4, -0.2) is 36.8 Å². The van der Waals surface area contributed by atoms with E-state index in [1.54, 1.807) is 6.92 Å². The van der Waals surface area contributed by atoms with Crippen molar-refractivity contribution < 1.29 is 14.5 Å². The van der Waals surface area contributed by atoms with Gasteiger partial charge in [0.2, 0.25) is 0 Å². The number of nitro groups is 1. The van der Waals surface area contributed by atoms with Crippen LogP contribution in [-0.2, 0) is 16.9 Å². The van der Waals surface area contributed by atoms with Gasteiger partial charge in [0.05, 0.1) is 23.4 Å². The molecule has 1 N–H and O–H groups in total. The molecule has 10 nitrogen and oxygen atoms in total. The number of carbonyl (C=O) groups excluding carboxylic acids is 2. The number of carbonyl (C=O) groups is 2. The number of imide groups is 1. The molecule has 3 aromatic rings. The second-order valence-electron chi connectivity index (χ2n) is 6.71. The number of aromatic nitrogens is 3. The molecule has 4 rings (SSSR count). The van der Waals surface area contributed by atoms with E-state index >= 15 is 0 Å². The summed E-state index contributed by atoms with van der Waals surface area (Å²) in [6.45, 7) is 1.52. The Labute approximate surface area is 164 Å². The lowest BCUT2D eigenvalue weighted by atomic mass is 9.92. The minimum Gasteiger partial charge on any atom is -0.319 e. The van der Waals surface area contributed by atoms with Crippen LogP contribution in [0, 0.1) is 10.1 Å². The number of non-ortho nitro benzene ring substituents is 1. The molecule has 2 heterocycles. The van der Waals surface area contributed by atoms with Gasteiger partial charge in [-0.1, -0.05) is 18.2 Å². The van der Waals surface area contributed by atoms with E-state index in [2.05, 4.69) is 15.5 Å². The van der Waals surface area contributed by atoms with Crippen molar-refractivity contribution in [1.29, 1.82) is 0 Å². The fraction of sp³-hybridized carbons (Fsp3) is 0.158. The smallest absolute Gasteiger partial charge is 0.319 e. The number of hydrogen-bond donors (Lipinski definition) is 1. The van der Waals surface area contributed by atoms with Crippen LogP contribution in [0.15, 0.2) is 60.8 Å². The van der Waals surface area contributed by atoms with Crippen LogP contribution in [0.1, 0.15) is 18.2 Å². The van der Waals surface area contributed by atoms with E-state index in [9.17, 15) is 19.7 Å². The molecule has 1 aliphatic heterocycles. The van der Waals surface area contributed by atoms with Crippen LogP contribution in [0.4, 0.5) is 10.5 Å². The van der Waals surface area contributed by atoms with Crippen LogP contribution < -0.4 is 5.32 Å². The molecule has 1 aliphatic rings. The average molecular weight is 392 g/mol. The molecular formula is C19H16N6O4. The first-order chi connectivity index (χ1) is 13.9. The number of nitro benzene ring substituents is 1. The molecule has 0 saturated carbocycles. The third-order valence-corrected chi connectivity index (χ3v) is 4.78. The topological polar surface area (TPSA) is 123 Å². The summed E-state index contributed by atoms with van der Waals surface area (Å²) in [6.07, 6.45) is 1.50. The molecule has 3 amide bonds. The number of hydrogen-bond acceptors (Lipinski definition) is 6. The van der Waals surface area contributed by atoms with E-state index < -0.39 is 22.4 Å². The van der Waals surface area contributed by atoms with E-state index in [-0.39, 0.29) is 12.2 Å². The Morgan fingerprint density at radius 1 is 1.10 bits per heavy atom. The molecule has 0 radical (unpaired) electrons. The Bertz CT molecular complexity index is 1100. The number of nitrogens with zero attached hydrogens (tertiary/aromatic N) is 5. The average Bonchev–Trinajstić information content (AvgIpc) is 3.28. The predicted molar refractivity (Wildman–Crippen MR) is 101 cm³/mol. The van der Waals surface area contributed by atoms with E-state index in [0.29, 0.717) is 11.3 Å². The fourth-order valence-corrected chi connectivity index (χ4v) is 3.17. The zero-order valence-corrected chi connectivity index (χ0v) is 15.3. The summed E-state index contributed by atoms with van der Waals surface area (Å²) in [5.74, 6) is -0.467. The third-order valence-electron chi connectivity index (χ3n) is 4.78. The summed E-state index contributed by atoms with van der Waals surface area (Å²) in [4.78, 5) is 38.2. The minimum atomic E-state index is -1.32. The minimum absolute atomic E-state index is 0.0416. The third kappa shape index (κ3) is 3.20. The van der Waals surface area contributed by atoms with E-state index in [4.69, 9.17) is 0 Å². The number of rotatable bonds is 5.